The van der Waals surface area contributed by atoms with Gasteiger partial charge in [-0.3, -0.25) is 4.68 Å². The number of anilines is 3. The maximum atomic E-state index is 12.9. The molecule has 1 aliphatic rings. The fourth-order valence-corrected chi connectivity index (χ4v) is 4.12. The van der Waals surface area contributed by atoms with Crippen LogP contribution in [0.3, 0.4) is 0 Å². The number of ether oxygens (including phenoxy) is 1. The number of primary amides is 1. The number of aromatic nitrogens is 2. The molecule has 33 heavy (non-hydrogen) atoms. The van der Waals surface area contributed by atoms with E-state index < -0.39 is 18.2 Å². The number of piperidine rings is 1. The SMILES string of the molecule is NC(=O)OCCCn1ncc2cc(Nc3ccc(N4CCC(C(F)(F)F)CC4)cc3)ccc21. The van der Waals surface area contributed by atoms with Gasteiger partial charge < -0.3 is 20.7 Å². The number of carbonyl (C=O) groups is 1. The first kappa shape index (κ1) is 22.8. The number of carbonyl (C=O) groups excluding carboxylic acids is 1. The van der Waals surface area contributed by atoms with Crippen LogP contribution in [0, 0.1) is 5.92 Å². The first-order chi connectivity index (χ1) is 15.8. The van der Waals surface area contributed by atoms with Gasteiger partial charge in [-0.1, -0.05) is 0 Å². The van der Waals surface area contributed by atoms with Crippen molar-refractivity contribution in [1.82, 2.24) is 9.78 Å². The minimum atomic E-state index is -4.10. The number of nitrogens with zero attached hydrogens (tertiary/aromatic N) is 3. The van der Waals surface area contributed by atoms with Crippen LogP contribution < -0.4 is 16.0 Å². The molecule has 1 fully saturated rings. The Morgan fingerprint density at radius 3 is 2.48 bits per heavy atom. The van der Waals surface area contributed by atoms with Crippen molar-refractivity contribution in [2.45, 2.75) is 32.0 Å². The number of amides is 1. The van der Waals surface area contributed by atoms with Crippen molar-refractivity contribution in [2.24, 2.45) is 11.7 Å². The quantitative estimate of drug-likeness (QED) is 0.482. The Bertz CT molecular complexity index is 1090. The summed E-state index contributed by atoms with van der Waals surface area (Å²) in [5.41, 5.74) is 8.65. The van der Waals surface area contributed by atoms with Crippen molar-refractivity contribution in [2.75, 3.05) is 29.9 Å². The standard InChI is InChI=1S/C23H26F3N5O2/c24-23(25,26)17-8-11-30(12-9-17)20-5-2-18(3-6-20)29-19-4-7-21-16(14-19)15-28-31(21)10-1-13-33-22(27)32/h2-7,14-15,17,29H,1,8-13H2,(H2,27,32). The van der Waals surface area contributed by atoms with Gasteiger partial charge in [0.1, 0.15) is 0 Å². The molecule has 4 rings (SSSR count). The number of nitrogens with two attached hydrogens (primary N) is 1. The molecule has 1 aromatic heterocycles. The number of alkyl halides is 3. The summed E-state index contributed by atoms with van der Waals surface area (Å²) in [7, 11) is 0. The molecular weight excluding hydrogens is 435 g/mol. The van der Waals surface area contributed by atoms with Crippen LogP contribution in [0.5, 0.6) is 0 Å². The van der Waals surface area contributed by atoms with Crippen LogP contribution in [0.1, 0.15) is 19.3 Å². The summed E-state index contributed by atoms with van der Waals surface area (Å²) in [5.74, 6) is -1.20. The number of fused-ring (bicyclic) bond motifs is 1. The zero-order valence-corrected chi connectivity index (χ0v) is 18.0. The molecule has 176 valence electrons. The molecule has 1 amide bonds. The van der Waals surface area contributed by atoms with Crippen LogP contribution in [-0.2, 0) is 11.3 Å². The third-order valence-corrected chi connectivity index (χ3v) is 5.88. The summed E-state index contributed by atoms with van der Waals surface area (Å²) in [4.78, 5) is 12.6. The smallest absolute Gasteiger partial charge is 0.404 e. The van der Waals surface area contributed by atoms with Gasteiger partial charge in [0, 0.05) is 48.5 Å². The summed E-state index contributed by atoms with van der Waals surface area (Å²) in [6, 6.07) is 13.6. The zero-order valence-electron chi connectivity index (χ0n) is 18.0. The average Bonchev–Trinajstić information content (AvgIpc) is 3.19. The fourth-order valence-electron chi connectivity index (χ4n) is 4.12. The minimum absolute atomic E-state index is 0.134. The molecule has 2 heterocycles. The second kappa shape index (κ2) is 9.60. The number of nitrogens with one attached hydrogen (secondary N) is 1. The molecule has 7 nitrogen and oxygen atoms in total. The molecule has 0 atom stereocenters. The molecule has 10 heteroatoms. The van der Waals surface area contributed by atoms with Gasteiger partial charge in [0.2, 0.25) is 0 Å². The molecule has 3 N–H and O–H groups in total. The van der Waals surface area contributed by atoms with E-state index in [1.165, 1.54) is 0 Å². The van der Waals surface area contributed by atoms with Crippen molar-refractivity contribution < 1.29 is 22.7 Å². The Morgan fingerprint density at radius 1 is 1.12 bits per heavy atom. The van der Waals surface area contributed by atoms with Crippen molar-refractivity contribution in [3.63, 3.8) is 0 Å². The highest BCUT2D eigenvalue weighted by Crippen LogP contribution is 2.35. The molecule has 0 radical (unpaired) electrons. The number of hydrogen-bond acceptors (Lipinski definition) is 5. The van der Waals surface area contributed by atoms with Gasteiger partial charge in [0.25, 0.3) is 0 Å². The Morgan fingerprint density at radius 2 is 1.82 bits per heavy atom. The third kappa shape index (κ3) is 5.68. The number of aryl methyl sites for hydroxylation is 1. The monoisotopic (exact) mass is 461 g/mol. The van der Waals surface area contributed by atoms with E-state index in [1.807, 2.05) is 52.0 Å². The van der Waals surface area contributed by atoms with E-state index in [0.717, 1.165) is 28.0 Å². The van der Waals surface area contributed by atoms with E-state index in [-0.39, 0.29) is 19.4 Å². The van der Waals surface area contributed by atoms with Crippen LogP contribution in [0.2, 0.25) is 0 Å². The molecular formula is C23H26F3N5O2. The number of hydrogen-bond donors (Lipinski definition) is 2. The van der Waals surface area contributed by atoms with Gasteiger partial charge in [0.05, 0.1) is 24.2 Å². The zero-order chi connectivity index (χ0) is 23.4. The van der Waals surface area contributed by atoms with Crippen molar-refractivity contribution >= 4 is 34.1 Å². The Labute approximate surface area is 189 Å². The fraction of sp³-hybridized carbons (Fsp3) is 0.391. The van der Waals surface area contributed by atoms with Crippen LogP contribution in [0.15, 0.2) is 48.7 Å². The minimum Gasteiger partial charge on any atom is -0.450 e. The average molecular weight is 461 g/mol. The van der Waals surface area contributed by atoms with Crippen molar-refractivity contribution in [3.05, 3.63) is 48.7 Å². The molecule has 1 saturated heterocycles. The van der Waals surface area contributed by atoms with Gasteiger partial charge in [-0.15, -0.1) is 0 Å². The Balaban J connectivity index is 1.34. The Kier molecular flexibility index (Phi) is 6.62. The van der Waals surface area contributed by atoms with Gasteiger partial charge >= 0.3 is 12.3 Å². The lowest BCUT2D eigenvalue weighted by atomic mass is 9.96. The van der Waals surface area contributed by atoms with E-state index in [4.69, 9.17) is 10.5 Å². The molecule has 0 unspecified atom stereocenters. The van der Waals surface area contributed by atoms with Gasteiger partial charge in [-0.2, -0.15) is 18.3 Å². The number of rotatable bonds is 7. The van der Waals surface area contributed by atoms with Gasteiger partial charge in [-0.25, -0.2) is 4.79 Å². The molecule has 2 aromatic carbocycles. The highest BCUT2D eigenvalue weighted by atomic mass is 19.4. The van der Waals surface area contributed by atoms with E-state index in [2.05, 4.69) is 10.4 Å². The first-order valence-electron chi connectivity index (χ1n) is 10.9. The third-order valence-electron chi connectivity index (χ3n) is 5.88. The van der Waals surface area contributed by atoms with Crippen molar-refractivity contribution in [1.29, 1.82) is 0 Å². The van der Waals surface area contributed by atoms with Crippen LogP contribution in [0.25, 0.3) is 10.9 Å². The Hall–Kier alpha value is -3.43. The highest BCUT2D eigenvalue weighted by Gasteiger charge is 2.41. The largest absolute Gasteiger partial charge is 0.450 e. The second-order valence-corrected chi connectivity index (χ2v) is 8.14. The van der Waals surface area contributed by atoms with Gasteiger partial charge in [0.15, 0.2) is 0 Å². The van der Waals surface area contributed by atoms with Gasteiger partial charge in [-0.05, 0) is 55.3 Å². The summed E-state index contributed by atoms with van der Waals surface area (Å²) in [6.45, 7) is 1.66. The highest BCUT2D eigenvalue weighted by molar-refractivity contribution is 5.83. The normalized spacial score (nSPS) is 15.1. The lowest BCUT2D eigenvalue weighted by Gasteiger charge is -2.34. The molecule has 0 aliphatic carbocycles. The van der Waals surface area contributed by atoms with Crippen molar-refractivity contribution in [3.8, 4) is 0 Å². The van der Waals surface area contributed by atoms with E-state index >= 15 is 0 Å². The number of halogens is 3. The lowest BCUT2D eigenvalue weighted by molar-refractivity contribution is -0.179. The van der Waals surface area contributed by atoms with Crippen LogP contribution >= 0.6 is 0 Å². The molecule has 0 saturated carbocycles. The van der Waals surface area contributed by atoms with Crippen LogP contribution in [0.4, 0.5) is 35.0 Å². The van der Waals surface area contributed by atoms with Crippen LogP contribution in [-0.4, -0.2) is 41.7 Å². The molecule has 1 aliphatic heterocycles. The predicted octanol–water partition coefficient (Wildman–Crippen LogP) is 5.04. The number of benzene rings is 2. The summed E-state index contributed by atoms with van der Waals surface area (Å²) in [6.07, 6.45) is -2.22. The second-order valence-electron chi connectivity index (χ2n) is 8.14. The molecule has 0 bridgehead atoms. The summed E-state index contributed by atoms with van der Waals surface area (Å²) >= 11 is 0. The summed E-state index contributed by atoms with van der Waals surface area (Å²) in [5, 5.41) is 8.71. The van der Waals surface area contributed by atoms with E-state index in [0.29, 0.717) is 26.1 Å². The maximum Gasteiger partial charge on any atom is 0.404 e. The lowest BCUT2D eigenvalue weighted by Crippen LogP contribution is -2.38. The first-order valence-corrected chi connectivity index (χ1v) is 10.9. The predicted molar refractivity (Wildman–Crippen MR) is 121 cm³/mol. The van der Waals surface area contributed by atoms with E-state index in [1.54, 1.807) is 6.20 Å². The van der Waals surface area contributed by atoms with E-state index in [9.17, 15) is 18.0 Å². The topological polar surface area (TPSA) is 85.4 Å². The molecule has 3 aromatic rings. The molecule has 0 spiro atoms. The maximum absolute atomic E-state index is 12.9. The summed E-state index contributed by atoms with van der Waals surface area (Å²) < 4.78 is 45.2.